The van der Waals surface area contributed by atoms with Crippen molar-refractivity contribution in [2.75, 3.05) is 0 Å². The van der Waals surface area contributed by atoms with Crippen LogP contribution in [0.2, 0.25) is 0 Å². The lowest BCUT2D eigenvalue weighted by Crippen LogP contribution is -2.15. The molecule has 0 saturated heterocycles. The largest absolute Gasteiger partial charge is 0.303 e. The van der Waals surface area contributed by atoms with Gasteiger partial charge in [0.05, 0.1) is 0 Å². The molecule has 0 radical (unpaired) electrons. The lowest BCUT2D eigenvalue weighted by Gasteiger charge is -2.14. The van der Waals surface area contributed by atoms with Crippen LogP contribution in [0.25, 0.3) is 0 Å². The molecule has 0 rings (SSSR count). The average Bonchev–Trinajstić information content (AvgIpc) is 1.98. The van der Waals surface area contributed by atoms with Crippen molar-refractivity contribution in [3.63, 3.8) is 0 Å². The van der Waals surface area contributed by atoms with Crippen molar-refractivity contribution in [1.82, 2.24) is 0 Å². The molecule has 2 atom stereocenters. The molecular formula is C8H14O2S. The Labute approximate surface area is 71.7 Å². The zero-order valence-electron chi connectivity index (χ0n) is 7.16. The molecule has 0 aromatic rings. The summed E-state index contributed by atoms with van der Waals surface area (Å²) in [7, 11) is 0. The Balaban J connectivity index is 3.93. The fourth-order valence-corrected chi connectivity index (χ4v) is 1.74. The van der Waals surface area contributed by atoms with Gasteiger partial charge in [-0.1, -0.05) is 25.6 Å². The summed E-state index contributed by atoms with van der Waals surface area (Å²) in [6, 6.07) is 0. The number of rotatable bonds is 4. The minimum absolute atomic E-state index is 0.0195. The number of hydrogen-bond acceptors (Lipinski definition) is 3. The molecule has 0 unspecified atom stereocenters. The summed E-state index contributed by atoms with van der Waals surface area (Å²) in [5, 5.41) is 0.246. The molecule has 0 spiro atoms. The van der Waals surface area contributed by atoms with E-state index in [2.05, 4.69) is 0 Å². The molecule has 0 amide bonds. The second kappa shape index (κ2) is 5.35. The van der Waals surface area contributed by atoms with Gasteiger partial charge in [-0.05, 0) is 6.42 Å². The van der Waals surface area contributed by atoms with Gasteiger partial charge in [0.15, 0.2) is 5.12 Å². The molecule has 0 aliphatic heterocycles. The Morgan fingerprint density at radius 1 is 1.64 bits per heavy atom. The summed E-state index contributed by atoms with van der Waals surface area (Å²) in [4.78, 5) is 21.0. The van der Waals surface area contributed by atoms with E-state index in [0.29, 0.717) is 0 Å². The molecule has 11 heavy (non-hydrogen) atoms. The molecule has 0 aromatic carbocycles. The molecule has 0 aliphatic rings. The van der Waals surface area contributed by atoms with Gasteiger partial charge < -0.3 is 4.79 Å². The maximum Gasteiger partial charge on any atom is 0.186 e. The van der Waals surface area contributed by atoms with Crippen LogP contribution in [0.4, 0.5) is 0 Å². The quantitative estimate of drug-likeness (QED) is 0.610. The summed E-state index contributed by atoms with van der Waals surface area (Å²) in [6.45, 7) is 5.36. The van der Waals surface area contributed by atoms with Crippen LogP contribution in [-0.2, 0) is 9.59 Å². The number of hydrogen-bond donors (Lipinski definition) is 0. The van der Waals surface area contributed by atoms with Gasteiger partial charge >= 0.3 is 0 Å². The zero-order chi connectivity index (χ0) is 8.85. The fraction of sp³-hybridized carbons (Fsp3) is 0.750. The van der Waals surface area contributed by atoms with E-state index in [1.54, 1.807) is 0 Å². The third-order valence-corrected chi connectivity index (χ3v) is 2.92. The highest BCUT2D eigenvalue weighted by atomic mass is 32.2. The van der Waals surface area contributed by atoms with Gasteiger partial charge in [-0.25, -0.2) is 0 Å². The summed E-state index contributed by atoms with van der Waals surface area (Å²) >= 11 is 1.26. The van der Waals surface area contributed by atoms with Gasteiger partial charge in [-0.15, -0.1) is 0 Å². The Morgan fingerprint density at radius 3 is 2.45 bits per heavy atom. The molecule has 0 heterocycles. The van der Waals surface area contributed by atoms with E-state index >= 15 is 0 Å². The molecule has 0 bridgehead atoms. The first kappa shape index (κ1) is 10.7. The van der Waals surface area contributed by atoms with Crippen LogP contribution >= 0.6 is 11.8 Å². The van der Waals surface area contributed by atoms with Crippen LogP contribution in [-0.4, -0.2) is 16.7 Å². The van der Waals surface area contributed by atoms with E-state index < -0.39 is 0 Å². The van der Waals surface area contributed by atoms with E-state index in [1.807, 2.05) is 13.8 Å². The lowest BCUT2D eigenvalue weighted by molar-refractivity contribution is -0.110. The molecule has 0 N–H and O–H groups in total. The molecular weight excluding hydrogens is 160 g/mol. The third-order valence-electron chi connectivity index (χ3n) is 1.52. The van der Waals surface area contributed by atoms with Gasteiger partial charge in [0.2, 0.25) is 0 Å². The maximum absolute atomic E-state index is 10.7. The highest BCUT2D eigenvalue weighted by Gasteiger charge is 2.16. The van der Waals surface area contributed by atoms with Crippen molar-refractivity contribution in [3.05, 3.63) is 0 Å². The fourth-order valence-electron chi connectivity index (χ4n) is 0.863. The Hall–Kier alpha value is -0.310. The number of thioether (sulfide) groups is 1. The van der Waals surface area contributed by atoms with Gasteiger partial charge in [0, 0.05) is 18.1 Å². The van der Waals surface area contributed by atoms with Gasteiger partial charge in [-0.2, -0.15) is 0 Å². The molecule has 0 aromatic heterocycles. The Kier molecular flexibility index (Phi) is 5.20. The van der Waals surface area contributed by atoms with E-state index in [9.17, 15) is 9.59 Å². The number of carbonyl (C=O) groups excluding carboxylic acids is 2. The second-order valence-electron chi connectivity index (χ2n) is 2.55. The van der Waals surface area contributed by atoms with E-state index in [4.69, 9.17) is 0 Å². The van der Waals surface area contributed by atoms with Crippen LogP contribution in [0.5, 0.6) is 0 Å². The first-order chi connectivity index (χ1) is 5.11. The van der Waals surface area contributed by atoms with Crippen LogP contribution < -0.4 is 0 Å². The minimum Gasteiger partial charge on any atom is -0.303 e. The Morgan fingerprint density at radius 2 is 2.18 bits per heavy atom. The predicted octanol–water partition coefficient (Wildman–Crippen LogP) is 1.88. The normalized spacial score (nSPS) is 15.5. The van der Waals surface area contributed by atoms with Crippen molar-refractivity contribution >= 4 is 23.2 Å². The summed E-state index contributed by atoms with van der Waals surface area (Å²) < 4.78 is 0. The highest BCUT2D eigenvalue weighted by molar-refractivity contribution is 8.14. The van der Waals surface area contributed by atoms with Crippen LogP contribution in [0.3, 0.4) is 0 Å². The topological polar surface area (TPSA) is 34.1 Å². The van der Waals surface area contributed by atoms with E-state index in [-0.39, 0.29) is 16.3 Å². The van der Waals surface area contributed by atoms with Crippen molar-refractivity contribution in [2.24, 2.45) is 5.92 Å². The maximum atomic E-state index is 10.7. The summed E-state index contributed by atoms with van der Waals surface area (Å²) in [5.74, 6) is -0.0195. The van der Waals surface area contributed by atoms with Crippen LogP contribution in [0.15, 0.2) is 0 Å². The smallest absolute Gasteiger partial charge is 0.186 e. The van der Waals surface area contributed by atoms with Crippen molar-refractivity contribution in [2.45, 2.75) is 32.4 Å². The van der Waals surface area contributed by atoms with Crippen molar-refractivity contribution in [1.29, 1.82) is 0 Å². The van der Waals surface area contributed by atoms with Gasteiger partial charge in [-0.3, -0.25) is 4.79 Å². The van der Waals surface area contributed by atoms with Gasteiger partial charge in [0.1, 0.15) is 6.29 Å². The first-order valence-corrected chi connectivity index (χ1v) is 4.62. The minimum atomic E-state index is -0.0195. The standard InChI is InChI=1S/C8H14O2S/c1-4-8(6(2)5-9)11-7(3)10/h5-6,8H,4H2,1-3H3/t6-,8-/m0/s1. The lowest BCUT2D eigenvalue weighted by atomic mass is 10.1. The zero-order valence-corrected chi connectivity index (χ0v) is 7.98. The van der Waals surface area contributed by atoms with Crippen LogP contribution in [0.1, 0.15) is 27.2 Å². The number of aldehydes is 1. The summed E-state index contributed by atoms with van der Waals surface area (Å²) in [6.07, 6.45) is 1.77. The van der Waals surface area contributed by atoms with Crippen molar-refractivity contribution < 1.29 is 9.59 Å². The Bertz CT molecular complexity index is 145. The third kappa shape index (κ3) is 4.19. The monoisotopic (exact) mass is 174 g/mol. The highest BCUT2D eigenvalue weighted by Crippen LogP contribution is 2.21. The SMILES string of the molecule is CC[C@H](SC(C)=O)[C@@H](C)C=O. The first-order valence-electron chi connectivity index (χ1n) is 3.74. The molecule has 2 nitrogen and oxygen atoms in total. The van der Waals surface area contributed by atoms with Crippen molar-refractivity contribution in [3.8, 4) is 0 Å². The molecule has 0 fully saturated rings. The molecule has 64 valence electrons. The van der Waals surface area contributed by atoms with E-state index in [0.717, 1.165) is 12.7 Å². The van der Waals surface area contributed by atoms with Gasteiger partial charge in [0.25, 0.3) is 0 Å². The van der Waals surface area contributed by atoms with E-state index in [1.165, 1.54) is 18.7 Å². The molecule has 3 heteroatoms. The second-order valence-corrected chi connectivity index (χ2v) is 3.97. The predicted molar refractivity (Wildman–Crippen MR) is 47.6 cm³/mol. The average molecular weight is 174 g/mol. The molecule has 0 aliphatic carbocycles. The summed E-state index contributed by atoms with van der Waals surface area (Å²) in [5.41, 5.74) is 0. The molecule has 0 saturated carbocycles. The van der Waals surface area contributed by atoms with Crippen LogP contribution in [0, 0.1) is 5.92 Å². The number of carbonyl (C=O) groups is 2.